The average Bonchev–Trinajstić information content (AvgIpc) is 2.72. The fourth-order valence-corrected chi connectivity index (χ4v) is 2.62. The highest BCUT2D eigenvalue weighted by Gasteiger charge is 2.20. The topological polar surface area (TPSA) is 58.4 Å². The fraction of sp³-hybridized carbons (Fsp3) is 0.500. The van der Waals surface area contributed by atoms with Gasteiger partial charge in [0.15, 0.2) is 0 Å². The number of hydrogen-bond donors (Lipinski definition) is 1. The van der Waals surface area contributed by atoms with Crippen molar-refractivity contribution in [2.45, 2.75) is 6.42 Å². The number of benzene rings is 1. The van der Waals surface area contributed by atoms with Gasteiger partial charge in [-0.1, -0.05) is 15.9 Å². The molecule has 5 nitrogen and oxygen atoms in total. The molecular weight excluding hydrogens is 298 g/mol. The second-order valence-electron chi connectivity index (χ2n) is 4.72. The number of nitrogens with one attached hydrogen (secondary N) is 1. The summed E-state index contributed by atoms with van der Waals surface area (Å²) in [4.78, 5) is 12.9. The summed E-state index contributed by atoms with van der Waals surface area (Å²) in [6.07, 6.45) is 1.14. The third-order valence-electron chi connectivity index (χ3n) is 3.23. The predicted octanol–water partition coefficient (Wildman–Crippen LogP) is 2.72. The number of nitrogens with zero attached hydrogens (tertiary/aromatic N) is 2. The smallest absolute Gasteiger partial charge is 0.292 e. The number of nitro groups is 1. The van der Waals surface area contributed by atoms with Crippen LogP contribution < -0.4 is 5.32 Å². The van der Waals surface area contributed by atoms with Gasteiger partial charge in [0.05, 0.1) is 4.92 Å². The van der Waals surface area contributed by atoms with Gasteiger partial charge in [-0.3, -0.25) is 10.1 Å². The molecule has 1 aliphatic rings. The summed E-state index contributed by atoms with van der Waals surface area (Å²) in [5, 5.41) is 14.1. The van der Waals surface area contributed by atoms with E-state index in [9.17, 15) is 10.1 Å². The first-order valence-corrected chi connectivity index (χ1v) is 6.72. The number of halogens is 1. The van der Waals surface area contributed by atoms with Crippen LogP contribution in [-0.2, 0) is 0 Å². The molecule has 1 aliphatic heterocycles. The number of nitro benzene ring substituents is 1. The van der Waals surface area contributed by atoms with Crippen LogP contribution >= 0.6 is 15.9 Å². The van der Waals surface area contributed by atoms with Gasteiger partial charge >= 0.3 is 0 Å². The van der Waals surface area contributed by atoms with Crippen molar-refractivity contribution in [1.82, 2.24) is 4.90 Å². The largest absolute Gasteiger partial charge is 0.379 e. The molecule has 1 heterocycles. The van der Waals surface area contributed by atoms with E-state index < -0.39 is 0 Å². The van der Waals surface area contributed by atoms with Crippen LogP contribution in [0, 0.1) is 16.0 Å². The third-order valence-corrected chi connectivity index (χ3v) is 3.72. The van der Waals surface area contributed by atoms with Crippen molar-refractivity contribution in [3.63, 3.8) is 0 Å². The van der Waals surface area contributed by atoms with Gasteiger partial charge in [0.1, 0.15) is 5.69 Å². The SMILES string of the molecule is CN1CCC(CNc2cc(Br)ccc2[N+](=O)[O-])C1. The first kappa shape index (κ1) is 13.3. The predicted molar refractivity (Wildman–Crippen MR) is 74.9 cm³/mol. The molecule has 0 spiro atoms. The number of likely N-dealkylation sites (tertiary alicyclic amines) is 1. The lowest BCUT2D eigenvalue weighted by Crippen LogP contribution is -2.19. The molecule has 0 aliphatic carbocycles. The molecule has 0 radical (unpaired) electrons. The number of hydrogen-bond acceptors (Lipinski definition) is 4. The zero-order valence-corrected chi connectivity index (χ0v) is 11.8. The molecular formula is C12H16BrN3O2. The van der Waals surface area contributed by atoms with E-state index in [2.05, 4.69) is 33.2 Å². The maximum absolute atomic E-state index is 10.9. The minimum atomic E-state index is -0.352. The summed E-state index contributed by atoms with van der Waals surface area (Å²) in [5.74, 6) is 0.564. The highest BCUT2D eigenvalue weighted by Crippen LogP contribution is 2.28. The Balaban J connectivity index is 2.04. The van der Waals surface area contributed by atoms with Crippen LogP contribution in [-0.4, -0.2) is 36.5 Å². The Bertz CT molecular complexity index is 453. The second-order valence-corrected chi connectivity index (χ2v) is 5.63. The molecule has 1 N–H and O–H groups in total. The van der Waals surface area contributed by atoms with Gasteiger partial charge in [0.2, 0.25) is 0 Å². The van der Waals surface area contributed by atoms with Gasteiger partial charge in [-0.15, -0.1) is 0 Å². The quantitative estimate of drug-likeness (QED) is 0.686. The number of rotatable bonds is 4. The van der Waals surface area contributed by atoms with E-state index in [1.165, 1.54) is 6.07 Å². The molecule has 0 bridgehead atoms. The van der Waals surface area contributed by atoms with E-state index >= 15 is 0 Å². The Labute approximate surface area is 114 Å². The van der Waals surface area contributed by atoms with E-state index in [4.69, 9.17) is 0 Å². The normalized spacial score (nSPS) is 20.0. The second kappa shape index (κ2) is 5.67. The Morgan fingerprint density at radius 3 is 3.00 bits per heavy atom. The maximum Gasteiger partial charge on any atom is 0.292 e. The summed E-state index contributed by atoms with van der Waals surface area (Å²) < 4.78 is 0.846. The minimum absolute atomic E-state index is 0.129. The molecule has 2 rings (SSSR count). The summed E-state index contributed by atoms with van der Waals surface area (Å²) in [6.45, 7) is 2.93. The molecule has 1 fully saturated rings. The first-order chi connectivity index (χ1) is 8.56. The summed E-state index contributed by atoms with van der Waals surface area (Å²) >= 11 is 3.34. The Morgan fingerprint density at radius 1 is 1.61 bits per heavy atom. The van der Waals surface area contributed by atoms with E-state index in [-0.39, 0.29) is 10.6 Å². The Hall–Kier alpha value is -1.14. The van der Waals surface area contributed by atoms with E-state index in [1.54, 1.807) is 12.1 Å². The molecule has 98 valence electrons. The lowest BCUT2D eigenvalue weighted by atomic mass is 10.1. The molecule has 1 aromatic carbocycles. The molecule has 0 amide bonds. The standard InChI is InChI=1S/C12H16BrN3O2/c1-15-5-4-9(8-15)7-14-11-6-10(13)2-3-12(11)16(17)18/h2-3,6,9,14H,4-5,7-8H2,1H3. The van der Waals surface area contributed by atoms with Crippen molar-refractivity contribution >= 4 is 27.3 Å². The zero-order chi connectivity index (χ0) is 13.1. The van der Waals surface area contributed by atoms with Crippen LogP contribution in [0.15, 0.2) is 22.7 Å². The van der Waals surface area contributed by atoms with Crippen molar-refractivity contribution in [2.24, 2.45) is 5.92 Å². The molecule has 1 atom stereocenters. The monoisotopic (exact) mass is 313 g/mol. The van der Waals surface area contributed by atoms with Crippen molar-refractivity contribution in [3.8, 4) is 0 Å². The van der Waals surface area contributed by atoms with Crippen LogP contribution in [0.1, 0.15) is 6.42 Å². The van der Waals surface area contributed by atoms with Crippen molar-refractivity contribution in [2.75, 3.05) is 32.0 Å². The summed E-state index contributed by atoms with van der Waals surface area (Å²) in [7, 11) is 2.10. The molecule has 0 saturated carbocycles. The number of anilines is 1. The van der Waals surface area contributed by atoms with Gasteiger partial charge < -0.3 is 10.2 Å². The average molecular weight is 314 g/mol. The highest BCUT2D eigenvalue weighted by molar-refractivity contribution is 9.10. The van der Waals surface area contributed by atoms with Crippen molar-refractivity contribution in [1.29, 1.82) is 0 Å². The third kappa shape index (κ3) is 3.20. The molecule has 1 unspecified atom stereocenters. The molecule has 1 saturated heterocycles. The van der Waals surface area contributed by atoms with Gasteiger partial charge in [0, 0.05) is 23.6 Å². The van der Waals surface area contributed by atoms with E-state index in [0.29, 0.717) is 11.6 Å². The first-order valence-electron chi connectivity index (χ1n) is 5.92. The van der Waals surface area contributed by atoms with Gasteiger partial charge in [0.25, 0.3) is 5.69 Å². The van der Waals surface area contributed by atoms with Gasteiger partial charge in [-0.25, -0.2) is 0 Å². The van der Waals surface area contributed by atoms with Crippen LogP contribution in [0.25, 0.3) is 0 Å². The molecule has 0 aromatic heterocycles. The minimum Gasteiger partial charge on any atom is -0.379 e. The fourth-order valence-electron chi connectivity index (χ4n) is 2.26. The van der Waals surface area contributed by atoms with Gasteiger partial charge in [-0.05, 0) is 38.1 Å². The van der Waals surface area contributed by atoms with Gasteiger partial charge in [-0.2, -0.15) is 0 Å². The Kier molecular flexibility index (Phi) is 4.19. The van der Waals surface area contributed by atoms with Crippen molar-refractivity contribution in [3.05, 3.63) is 32.8 Å². The highest BCUT2D eigenvalue weighted by atomic mass is 79.9. The van der Waals surface area contributed by atoms with Crippen molar-refractivity contribution < 1.29 is 4.92 Å². The maximum atomic E-state index is 10.9. The van der Waals surface area contributed by atoms with Crippen LogP contribution in [0.5, 0.6) is 0 Å². The van der Waals surface area contributed by atoms with Crippen LogP contribution in [0.4, 0.5) is 11.4 Å². The summed E-state index contributed by atoms with van der Waals surface area (Å²) in [6, 6.07) is 4.97. The Morgan fingerprint density at radius 2 is 2.39 bits per heavy atom. The molecule has 18 heavy (non-hydrogen) atoms. The van der Waals surface area contributed by atoms with E-state index in [1.807, 2.05) is 0 Å². The lowest BCUT2D eigenvalue weighted by molar-refractivity contribution is -0.384. The molecule has 1 aromatic rings. The van der Waals surface area contributed by atoms with Crippen LogP contribution in [0.2, 0.25) is 0 Å². The summed E-state index contributed by atoms with van der Waals surface area (Å²) in [5.41, 5.74) is 0.716. The van der Waals surface area contributed by atoms with E-state index in [0.717, 1.165) is 30.5 Å². The molecule has 6 heteroatoms. The van der Waals surface area contributed by atoms with Crippen LogP contribution in [0.3, 0.4) is 0 Å². The lowest BCUT2D eigenvalue weighted by Gasteiger charge is -2.13. The zero-order valence-electron chi connectivity index (χ0n) is 10.2.